The molecule has 5 nitrogen and oxygen atoms in total. The second kappa shape index (κ2) is 8.98. The molecule has 0 saturated heterocycles. The summed E-state index contributed by atoms with van der Waals surface area (Å²) < 4.78 is 0. The molecule has 0 unspecified atom stereocenters. The van der Waals surface area contributed by atoms with Crippen molar-refractivity contribution >= 4 is 0 Å². The fourth-order valence-electron chi connectivity index (χ4n) is 0. The topological polar surface area (TPSA) is 96.2 Å². The molecule has 0 saturated carbocycles. The molecule has 0 aliphatic carbocycles. The van der Waals surface area contributed by atoms with E-state index in [1.54, 1.807) is 0 Å². The van der Waals surface area contributed by atoms with Crippen LogP contribution in [0.2, 0.25) is 0 Å². The summed E-state index contributed by atoms with van der Waals surface area (Å²) in [6.45, 7) is 0. The molecule has 0 atom stereocenters. The van der Waals surface area contributed by atoms with Crippen LogP contribution in [-0.2, 0) is 32.7 Å². The number of hydrogen-bond donors (Lipinski definition) is 0. The molecule has 0 aliphatic heterocycles. The largest absolute Gasteiger partial charge is 0.870 e. The first-order chi connectivity index (χ1) is 1.73. The molecule has 0 fully saturated rings. The van der Waals surface area contributed by atoms with E-state index in [4.69, 9.17) is 15.3 Å². The molecule has 0 amide bonds. The van der Waals surface area contributed by atoms with Crippen molar-refractivity contribution in [2.24, 2.45) is 0 Å². The maximum Gasteiger partial charge on any atom is 0.0689 e. The van der Waals surface area contributed by atoms with Crippen LogP contribution < -0.4 is 0 Å². The first kappa shape index (κ1) is 16.3. The summed E-state index contributed by atoms with van der Waals surface area (Å²) in [5.74, 6) is 0. The van der Waals surface area contributed by atoms with Gasteiger partial charge in [-0.25, -0.2) is 0 Å². The SMILES string of the molecule is O=[N+]([O-])[O-].[OH-].[Y]. The summed E-state index contributed by atoms with van der Waals surface area (Å²) in [5, 5.41) is 14.8. The zero-order chi connectivity index (χ0) is 3.58. The van der Waals surface area contributed by atoms with E-state index in [0.29, 0.717) is 0 Å². The maximum atomic E-state index is 8.25. The van der Waals surface area contributed by atoms with Gasteiger partial charge in [0.2, 0.25) is 0 Å². The van der Waals surface area contributed by atoms with E-state index in [-0.39, 0.29) is 38.2 Å². The molecule has 1 N–H and O–H groups in total. The van der Waals surface area contributed by atoms with Gasteiger partial charge in [0, 0.05) is 32.7 Å². The molecule has 6 heteroatoms. The molecule has 0 aromatic rings. The van der Waals surface area contributed by atoms with Crippen molar-refractivity contribution in [3.8, 4) is 0 Å². The van der Waals surface area contributed by atoms with Gasteiger partial charge in [-0.3, -0.25) is 0 Å². The smallest absolute Gasteiger partial charge is 0.0689 e. The molecule has 0 aromatic carbocycles. The van der Waals surface area contributed by atoms with Gasteiger partial charge in [0.15, 0.2) is 0 Å². The quantitative estimate of drug-likeness (QED) is 0.362. The van der Waals surface area contributed by atoms with Crippen molar-refractivity contribution in [1.82, 2.24) is 0 Å². The van der Waals surface area contributed by atoms with Crippen molar-refractivity contribution < 1.29 is 43.3 Å². The van der Waals surface area contributed by atoms with Crippen molar-refractivity contribution in [3.63, 3.8) is 0 Å². The molecule has 1 radical (unpaired) electrons. The molecule has 0 aromatic heterocycles. The van der Waals surface area contributed by atoms with Gasteiger partial charge in [-0.1, -0.05) is 0 Å². The average molecular weight is 168 g/mol. The molecule has 0 bridgehead atoms. The van der Waals surface area contributed by atoms with Gasteiger partial charge in [-0.2, -0.15) is 0 Å². The molecular formula is HNO4Y-2. The van der Waals surface area contributed by atoms with E-state index in [2.05, 4.69) is 0 Å². The Kier molecular flexibility index (Phi) is 24.4. The van der Waals surface area contributed by atoms with Crippen LogP contribution in [0.1, 0.15) is 0 Å². The van der Waals surface area contributed by atoms with Gasteiger partial charge in [-0.05, 0) is 0 Å². The Hall–Kier alpha value is 0.264. The van der Waals surface area contributed by atoms with Crippen LogP contribution in [0.4, 0.5) is 0 Å². The summed E-state index contributed by atoms with van der Waals surface area (Å²) >= 11 is 0. The summed E-state index contributed by atoms with van der Waals surface area (Å²) in [6, 6.07) is 0. The Morgan fingerprint density at radius 1 is 1.33 bits per heavy atom. The summed E-state index contributed by atoms with van der Waals surface area (Å²) in [6.07, 6.45) is 0. The van der Waals surface area contributed by atoms with Crippen molar-refractivity contribution in [2.75, 3.05) is 0 Å². The molecule has 0 spiro atoms. The van der Waals surface area contributed by atoms with Crippen molar-refractivity contribution in [2.45, 2.75) is 0 Å². The Morgan fingerprint density at radius 2 is 1.33 bits per heavy atom. The summed E-state index contributed by atoms with van der Waals surface area (Å²) in [7, 11) is 0. The number of rotatable bonds is 0. The van der Waals surface area contributed by atoms with Crippen LogP contribution in [0.3, 0.4) is 0 Å². The first-order valence-electron chi connectivity index (χ1n) is 0.548. The van der Waals surface area contributed by atoms with Crippen LogP contribution >= 0.6 is 0 Å². The van der Waals surface area contributed by atoms with Gasteiger partial charge < -0.3 is 20.8 Å². The summed E-state index contributed by atoms with van der Waals surface area (Å²) in [4.78, 5) is 8.25. The molecule has 0 rings (SSSR count). The first-order valence-corrected chi connectivity index (χ1v) is 0.548. The zero-order valence-corrected chi connectivity index (χ0v) is 5.53. The van der Waals surface area contributed by atoms with Gasteiger partial charge in [0.1, 0.15) is 0 Å². The molecule has 6 heavy (non-hydrogen) atoms. The Balaban J connectivity index is -0.0000000450. The second-order valence-corrected chi connectivity index (χ2v) is 0.224. The zero-order valence-electron chi connectivity index (χ0n) is 2.70. The Morgan fingerprint density at radius 3 is 1.33 bits per heavy atom. The third-order valence-electron chi connectivity index (χ3n) is 0. The average Bonchev–Trinajstić information content (AvgIpc) is 0.811. The summed E-state index contributed by atoms with van der Waals surface area (Å²) in [5.41, 5.74) is 0. The molecule has 35 valence electrons. The predicted octanol–water partition coefficient (Wildman–Crippen LogP) is -0.418. The van der Waals surface area contributed by atoms with Crippen LogP contribution in [0.5, 0.6) is 0 Å². The Labute approximate surface area is 58.6 Å². The maximum absolute atomic E-state index is 8.25. The minimum absolute atomic E-state index is 0. The number of hydrogen-bond acceptors (Lipinski definition) is 4. The third-order valence-corrected chi connectivity index (χ3v) is 0. The molecule has 0 heterocycles. The fourth-order valence-corrected chi connectivity index (χ4v) is 0. The van der Waals surface area contributed by atoms with Gasteiger partial charge >= 0.3 is 0 Å². The van der Waals surface area contributed by atoms with Gasteiger partial charge in [0.25, 0.3) is 0 Å². The van der Waals surface area contributed by atoms with E-state index in [1.807, 2.05) is 0 Å². The van der Waals surface area contributed by atoms with E-state index >= 15 is 0 Å². The number of nitrogens with zero attached hydrogens (tertiary/aromatic N) is 1. The van der Waals surface area contributed by atoms with E-state index in [9.17, 15) is 0 Å². The normalized spacial score (nSPS) is 4.00. The van der Waals surface area contributed by atoms with Crippen LogP contribution in [-0.4, -0.2) is 10.6 Å². The minimum Gasteiger partial charge on any atom is -0.870 e. The van der Waals surface area contributed by atoms with Crippen LogP contribution in [0, 0.1) is 15.3 Å². The third kappa shape index (κ3) is 652. The second-order valence-electron chi connectivity index (χ2n) is 0.224. The van der Waals surface area contributed by atoms with E-state index in [1.165, 1.54) is 0 Å². The van der Waals surface area contributed by atoms with Gasteiger partial charge in [-0.15, -0.1) is 0 Å². The molecule has 0 aliphatic rings. The monoisotopic (exact) mass is 168 g/mol. The van der Waals surface area contributed by atoms with E-state index in [0.717, 1.165) is 0 Å². The van der Waals surface area contributed by atoms with Crippen LogP contribution in [0.15, 0.2) is 0 Å². The molecular weight excluding hydrogens is 167 g/mol. The Bertz CT molecular complexity index is 30.5. The van der Waals surface area contributed by atoms with E-state index < -0.39 is 5.09 Å². The van der Waals surface area contributed by atoms with Gasteiger partial charge in [0.05, 0.1) is 5.09 Å². The standard InChI is InChI=1S/NO3.H2O.Y/c2-1(3)4;;/h;1H2;/q-1;;/p-1. The predicted molar refractivity (Wildman–Crippen MR) is 12.3 cm³/mol. The minimum atomic E-state index is -1.75. The fraction of sp³-hybridized carbons (Fsp3) is 0. The van der Waals surface area contributed by atoms with Crippen molar-refractivity contribution in [1.29, 1.82) is 0 Å². The van der Waals surface area contributed by atoms with Crippen molar-refractivity contribution in [3.05, 3.63) is 15.3 Å². The van der Waals surface area contributed by atoms with Crippen LogP contribution in [0.25, 0.3) is 0 Å².